The summed E-state index contributed by atoms with van der Waals surface area (Å²) in [5.41, 5.74) is 4.75. The van der Waals surface area contributed by atoms with Gasteiger partial charge in [0.1, 0.15) is 5.60 Å². The van der Waals surface area contributed by atoms with Gasteiger partial charge in [0, 0.05) is 12.8 Å². The van der Waals surface area contributed by atoms with Gasteiger partial charge in [-0.05, 0) is 46.5 Å². The zero-order chi connectivity index (χ0) is 39.5. The molecule has 314 valence electrons. The first kappa shape index (κ1) is 51.4. The molecule has 7 nitrogen and oxygen atoms in total. The first-order chi connectivity index (χ1) is 25.5. The van der Waals surface area contributed by atoms with Crippen LogP contribution in [-0.4, -0.2) is 52.3 Å². The average Bonchev–Trinajstić information content (AvgIpc) is 3.09. The van der Waals surface area contributed by atoms with Crippen molar-refractivity contribution < 1.29 is 28.7 Å². The van der Waals surface area contributed by atoms with Crippen LogP contribution in [-0.2, 0) is 14.3 Å². The van der Waals surface area contributed by atoms with E-state index < -0.39 is 29.6 Å². The Morgan fingerprint density at radius 1 is 0.509 bits per heavy atom. The molecule has 0 saturated heterocycles. The van der Waals surface area contributed by atoms with Gasteiger partial charge in [0.15, 0.2) is 6.04 Å². The van der Waals surface area contributed by atoms with Gasteiger partial charge in [-0.15, -0.1) is 0 Å². The maximum absolute atomic E-state index is 14.0. The molecule has 0 aliphatic heterocycles. The molecule has 0 aromatic rings. The Morgan fingerprint density at radius 2 is 0.774 bits per heavy atom. The van der Waals surface area contributed by atoms with Crippen LogP contribution in [0.25, 0.3) is 0 Å². The van der Waals surface area contributed by atoms with Gasteiger partial charge in [0.2, 0.25) is 5.91 Å². The van der Waals surface area contributed by atoms with Crippen LogP contribution in [0.15, 0.2) is 0 Å². The van der Waals surface area contributed by atoms with Gasteiger partial charge in [0.25, 0.3) is 0 Å². The molecule has 1 atom stereocenters. The molecule has 0 unspecified atom stereocenters. The summed E-state index contributed by atoms with van der Waals surface area (Å²) in [4.78, 5) is 38.6. The Morgan fingerprint density at radius 3 is 1.00 bits per heavy atom. The third-order valence-electron chi connectivity index (χ3n) is 11.1. The van der Waals surface area contributed by atoms with E-state index in [1.165, 1.54) is 167 Å². The monoisotopic (exact) mass is 752 g/mol. The minimum atomic E-state index is -1.05. The number of quaternary nitrogens is 1. The largest absolute Gasteiger partial charge is 0.517 e. The molecule has 7 heteroatoms. The van der Waals surface area contributed by atoms with Crippen molar-refractivity contribution in [1.82, 2.24) is 0 Å². The Bertz CT molecular complexity index is 834. The number of ether oxygens (including phenoxy) is 1. The maximum atomic E-state index is 14.0. The Hall–Kier alpha value is -1.63. The van der Waals surface area contributed by atoms with Gasteiger partial charge >= 0.3 is 12.1 Å². The first-order valence-corrected chi connectivity index (χ1v) is 23.1. The standard InChI is InChI=1S/C46H90N2O5/c1-6-8-10-12-14-16-18-20-22-24-26-28-30-32-34-36-40-48(45(52)53-46(3,4)5,42(44(50)51)38-39-43(47)49)41-37-35-33-31-29-27-25-23-21-19-17-15-13-11-9-7-2/h42H,6-41H2,1-5H3,(H2-,47,49,50,51)/p+1/t42-/m0/s1. The molecule has 0 aromatic heterocycles. The fraction of sp³-hybridized carbons (Fsp3) is 0.935. The normalized spacial score (nSPS) is 12.6. The second kappa shape index (κ2) is 34.8. The fourth-order valence-corrected chi connectivity index (χ4v) is 7.83. The number of carbonyl (C=O) groups excluding carboxylic acids is 2. The van der Waals surface area contributed by atoms with Gasteiger partial charge < -0.3 is 15.6 Å². The number of hydrogen-bond acceptors (Lipinski definition) is 4. The highest BCUT2D eigenvalue weighted by Crippen LogP contribution is 2.28. The van der Waals surface area contributed by atoms with E-state index in [-0.39, 0.29) is 17.3 Å². The molecule has 2 amide bonds. The predicted octanol–water partition coefficient (Wildman–Crippen LogP) is 14.0. The van der Waals surface area contributed by atoms with Gasteiger partial charge in [0.05, 0.1) is 13.1 Å². The van der Waals surface area contributed by atoms with Crippen molar-refractivity contribution in [3.05, 3.63) is 0 Å². The molecule has 0 aromatic carbocycles. The minimum absolute atomic E-state index is 0.0433. The zero-order valence-electron chi connectivity index (χ0n) is 36.1. The fourth-order valence-electron chi connectivity index (χ4n) is 7.83. The Balaban J connectivity index is 4.87. The highest BCUT2D eigenvalue weighted by atomic mass is 16.6. The second-order valence-electron chi connectivity index (χ2n) is 17.4. The van der Waals surface area contributed by atoms with Crippen LogP contribution < -0.4 is 5.73 Å². The number of amides is 2. The molecule has 0 heterocycles. The quantitative estimate of drug-likeness (QED) is 0.0480. The average molecular weight is 752 g/mol. The van der Waals surface area contributed by atoms with Crippen molar-refractivity contribution in [2.45, 2.75) is 265 Å². The summed E-state index contributed by atoms with van der Waals surface area (Å²) in [6, 6.07) is -1.05. The van der Waals surface area contributed by atoms with E-state index in [9.17, 15) is 19.5 Å². The van der Waals surface area contributed by atoms with Crippen LogP contribution in [0.1, 0.15) is 253 Å². The lowest BCUT2D eigenvalue weighted by Gasteiger charge is -2.40. The summed E-state index contributed by atoms with van der Waals surface area (Å²) in [7, 11) is 0. The third-order valence-corrected chi connectivity index (χ3v) is 11.1. The van der Waals surface area contributed by atoms with Gasteiger partial charge in [-0.2, -0.15) is 4.79 Å². The number of rotatable bonds is 39. The van der Waals surface area contributed by atoms with Gasteiger partial charge in [-0.25, -0.2) is 9.28 Å². The second-order valence-corrected chi connectivity index (χ2v) is 17.4. The van der Waals surface area contributed by atoms with E-state index in [0.717, 1.165) is 38.5 Å². The third kappa shape index (κ3) is 30.3. The number of carbonyl (C=O) groups is 3. The number of unbranched alkanes of at least 4 members (excludes halogenated alkanes) is 30. The van der Waals surface area contributed by atoms with Crippen LogP contribution in [0.4, 0.5) is 4.79 Å². The highest BCUT2D eigenvalue weighted by Gasteiger charge is 2.50. The molecule has 0 aliphatic rings. The van der Waals surface area contributed by atoms with Crippen molar-refractivity contribution in [2.24, 2.45) is 5.73 Å². The molecular weight excluding hydrogens is 661 g/mol. The van der Waals surface area contributed by atoms with Crippen LogP contribution in [0.2, 0.25) is 0 Å². The van der Waals surface area contributed by atoms with E-state index in [2.05, 4.69) is 13.8 Å². The maximum Gasteiger partial charge on any atom is 0.517 e. The zero-order valence-corrected chi connectivity index (χ0v) is 36.1. The molecular formula is C46H91N2O5+. The molecule has 3 N–H and O–H groups in total. The van der Waals surface area contributed by atoms with Crippen LogP contribution in [0, 0.1) is 0 Å². The summed E-state index contributed by atoms with van der Waals surface area (Å²) < 4.78 is 5.70. The lowest BCUT2D eigenvalue weighted by Crippen LogP contribution is -2.64. The van der Waals surface area contributed by atoms with E-state index >= 15 is 0 Å². The molecule has 0 bridgehead atoms. The van der Waals surface area contributed by atoms with Crippen molar-refractivity contribution >= 4 is 18.0 Å². The lowest BCUT2D eigenvalue weighted by atomic mass is 10.0. The molecule has 0 saturated carbocycles. The van der Waals surface area contributed by atoms with Crippen molar-refractivity contribution in [3.8, 4) is 0 Å². The number of aliphatic carboxylic acids is 1. The minimum Gasteiger partial charge on any atom is -0.477 e. The highest BCUT2D eigenvalue weighted by molar-refractivity contribution is 5.78. The van der Waals surface area contributed by atoms with E-state index in [4.69, 9.17) is 10.5 Å². The van der Waals surface area contributed by atoms with E-state index in [0.29, 0.717) is 13.1 Å². The van der Waals surface area contributed by atoms with Crippen molar-refractivity contribution in [2.75, 3.05) is 13.1 Å². The molecule has 0 rings (SSSR count). The number of nitrogens with two attached hydrogens (primary N) is 1. The number of nitrogens with zero attached hydrogens (tertiary/aromatic N) is 1. The predicted molar refractivity (Wildman–Crippen MR) is 225 cm³/mol. The molecule has 0 fully saturated rings. The summed E-state index contributed by atoms with van der Waals surface area (Å²) >= 11 is 0. The number of carboxylic acid groups (broad SMARTS) is 1. The number of hydrogen-bond donors (Lipinski definition) is 2. The van der Waals surface area contributed by atoms with E-state index in [1.54, 1.807) is 0 Å². The van der Waals surface area contributed by atoms with Gasteiger partial charge in [-0.1, -0.05) is 194 Å². The number of carboxylic acids is 1. The summed E-state index contributed by atoms with van der Waals surface area (Å²) in [6.45, 7) is 10.9. The first-order valence-electron chi connectivity index (χ1n) is 23.1. The molecule has 53 heavy (non-hydrogen) atoms. The lowest BCUT2D eigenvalue weighted by molar-refractivity contribution is -0.876. The van der Waals surface area contributed by atoms with Crippen molar-refractivity contribution in [3.63, 3.8) is 0 Å². The molecule has 0 aliphatic carbocycles. The molecule has 0 radical (unpaired) electrons. The van der Waals surface area contributed by atoms with Crippen LogP contribution in [0.3, 0.4) is 0 Å². The van der Waals surface area contributed by atoms with Crippen molar-refractivity contribution in [1.29, 1.82) is 0 Å². The smallest absolute Gasteiger partial charge is 0.477 e. The van der Waals surface area contributed by atoms with Gasteiger partial charge in [-0.3, -0.25) is 4.79 Å². The Kier molecular flexibility index (Phi) is 33.8. The summed E-state index contributed by atoms with van der Waals surface area (Å²) in [5.74, 6) is -1.59. The van der Waals surface area contributed by atoms with E-state index in [1.807, 2.05) is 20.8 Å². The van der Waals surface area contributed by atoms with Crippen LogP contribution in [0.5, 0.6) is 0 Å². The summed E-state index contributed by atoms with van der Waals surface area (Å²) in [6.07, 6.45) is 39.8. The SMILES string of the molecule is CCCCCCCCCCCCCCCCCC[N+](CCCCCCCCCCCCCCCCCC)(C(=O)OC(C)(C)C)[C@@H](CCC(N)=O)C(=O)O. The summed E-state index contributed by atoms with van der Waals surface area (Å²) in [5, 5.41) is 10.5. The topological polar surface area (TPSA) is 107 Å². The number of primary amides is 1. The van der Waals surface area contributed by atoms with Crippen LogP contribution >= 0.6 is 0 Å². The Labute approximate surface area is 329 Å². The molecule has 0 spiro atoms.